The van der Waals surface area contributed by atoms with Crippen molar-refractivity contribution in [1.82, 2.24) is 0 Å². The highest BCUT2D eigenvalue weighted by atomic mass is 32.2. The van der Waals surface area contributed by atoms with Crippen molar-refractivity contribution in [2.45, 2.75) is 25.9 Å². The zero-order valence-corrected chi connectivity index (χ0v) is 12.1. The fraction of sp³-hybridized carbons (Fsp3) is 0.538. The Morgan fingerprint density at radius 1 is 1.42 bits per heavy atom. The first-order valence-corrected chi connectivity index (χ1v) is 8.27. The van der Waals surface area contributed by atoms with Crippen LogP contribution in [0.15, 0.2) is 18.2 Å². The van der Waals surface area contributed by atoms with Crippen LogP contribution in [-0.2, 0) is 14.8 Å². The maximum absolute atomic E-state index is 11.2. The molecular weight excluding hydrogens is 264 g/mol. The van der Waals surface area contributed by atoms with Crippen LogP contribution in [0.3, 0.4) is 0 Å². The molecule has 19 heavy (non-hydrogen) atoms. The van der Waals surface area contributed by atoms with E-state index in [4.69, 9.17) is 4.74 Å². The SMILES string of the molecule is Cc1cc(NCC2CCCO2)ccc1NS(C)(=O)=O. The smallest absolute Gasteiger partial charge is 0.229 e. The average Bonchev–Trinajstić information content (AvgIpc) is 2.81. The van der Waals surface area contributed by atoms with Gasteiger partial charge in [-0.25, -0.2) is 8.42 Å². The number of hydrogen-bond donors (Lipinski definition) is 2. The molecule has 0 saturated carbocycles. The summed E-state index contributed by atoms with van der Waals surface area (Å²) >= 11 is 0. The summed E-state index contributed by atoms with van der Waals surface area (Å²) in [6.07, 6.45) is 3.66. The van der Waals surface area contributed by atoms with Gasteiger partial charge in [-0.15, -0.1) is 0 Å². The molecule has 0 spiro atoms. The van der Waals surface area contributed by atoms with Crippen molar-refractivity contribution in [3.63, 3.8) is 0 Å². The van der Waals surface area contributed by atoms with Gasteiger partial charge < -0.3 is 10.1 Å². The fourth-order valence-electron chi connectivity index (χ4n) is 2.12. The molecule has 1 aliphatic rings. The first-order valence-electron chi connectivity index (χ1n) is 6.38. The third-order valence-electron chi connectivity index (χ3n) is 3.08. The molecular formula is C13H20N2O3S. The predicted molar refractivity (Wildman–Crippen MR) is 77.1 cm³/mol. The van der Waals surface area contributed by atoms with Crippen molar-refractivity contribution >= 4 is 21.4 Å². The molecule has 1 fully saturated rings. The number of aryl methyl sites for hydroxylation is 1. The van der Waals surface area contributed by atoms with Crippen LogP contribution in [0.1, 0.15) is 18.4 Å². The highest BCUT2D eigenvalue weighted by molar-refractivity contribution is 7.92. The largest absolute Gasteiger partial charge is 0.382 e. The third-order valence-corrected chi connectivity index (χ3v) is 3.67. The van der Waals surface area contributed by atoms with Crippen LogP contribution in [0.4, 0.5) is 11.4 Å². The molecule has 2 N–H and O–H groups in total. The van der Waals surface area contributed by atoms with Crippen molar-refractivity contribution in [2.75, 3.05) is 29.4 Å². The zero-order valence-electron chi connectivity index (χ0n) is 11.3. The second-order valence-corrected chi connectivity index (χ2v) is 6.67. The van der Waals surface area contributed by atoms with Gasteiger partial charge in [-0.2, -0.15) is 0 Å². The molecule has 106 valence electrons. The summed E-state index contributed by atoms with van der Waals surface area (Å²) in [5.74, 6) is 0. The van der Waals surface area contributed by atoms with Gasteiger partial charge in [0.15, 0.2) is 0 Å². The molecule has 0 bridgehead atoms. The lowest BCUT2D eigenvalue weighted by Crippen LogP contribution is -2.18. The summed E-state index contributed by atoms with van der Waals surface area (Å²) in [5, 5.41) is 3.32. The number of anilines is 2. The van der Waals surface area contributed by atoms with Crippen LogP contribution in [0.25, 0.3) is 0 Å². The van der Waals surface area contributed by atoms with E-state index >= 15 is 0 Å². The first-order chi connectivity index (χ1) is 8.94. The van der Waals surface area contributed by atoms with Gasteiger partial charge in [0.1, 0.15) is 0 Å². The van der Waals surface area contributed by atoms with E-state index in [9.17, 15) is 8.42 Å². The summed E-state index contributed by atoms with van der Waals surface area (Å²) in [4.78, 5) is 0. The molecule has 1 saturated heterocycles. The van der Waals surface area contributed by atoms with Gasteiger partial charge in [-0.05, 0) is 43.5 Å². The van der Waals surface area contributed by atoms with E-state index in [2.05, 4.69) is 10.0 Å². The van der Waals surface area contributed by atoms with Gasteiger partial charge >= 0.3 is 0 Å². The van der Waals surface area contributed by atoms with E-state index in [-0.39, 0.29) is 6.10 Å². The Morgan fingerprint density at radius 2 is 2.21 bits per heavy atom. The molecule has 0 radical (unpaired) electrons. The molecule has 0 aromatic heterocycles. The van der Waals surface area contributed by atoms with Crippen LogP contribution < -0.4 is 10.0 Å². The summed E-state index contributed by atoms with van der Waals surface area (Å²) in [6.45, 7) is 3.52. The zero-order chi connectivity index (χ0) is 13.9. The summed E-state index contributed by atoms with van der Waals surface area (Å²) in [7, 11) is -3.23. The Bertz CT molecular complexity index is 537. The van der Waals surface area contributed by atoms with Crippen LogP contribution in [0.5, 0.6) is 0 Å². The molecule has 0 aliphatic carbocycles. The predicted octanol–water partition coefficient (Wildman–Crippen LogP) is 1.96. The number of hydrogen-bond acceptors (Lipinski definition) is 4. The number of sulfonamides is 1. The Kier molecular flexibility index (Phi) is 4.31. The van der Waals surface area contributed by atoms with Crippen LogP contribution in [0.2, 0.25) is 0 Å². The Morgan fingerprint density at radius 3 is 2.79 bits per heavy atom. The van der Waals surface area contributed by atoms with Gasteiger partial charge in [-0.3, -0.25) is 4.72 Å². The standard InChI is InChI=1S/C13H20N2O3S/c1-10-8-11(14-9-12-4-3-7-18-12)5-6-13(10)15-19(2,16)17/h5-6,8,12,14-15H,3-4,7,9H2,1-2H3. The number of ether oxygens (including phenoxy) is 1. The van der Waals surface area contributed by atoms with Crippen molar-refractivity contribution in [2.24, 2.45) is 0 Å². The van der Waals surface area contributed by atoms with E-state index in [0.717, 1.165) is 43.5 Å². The number of benzene rings is 1. The summed E-state index contributed by atoms with van der Waals surface area (Å²) in [5.41, 5.74) is 2.49. The number of rotatable bonds is 5. The summed E-state index contributed by atoms with van der Waals surface area (Å²) in [6, 6.07) is 5.58. The van der Waals surface area contributed by atoms with E-state index < -0.39 is 10.0 Å². The average molecular weight is 284 g/mol. The lowest BCUT2D eigenvalue weighted by atomic mass is 10.1. The van der Waals surface area contributed by atoms with E-state index in [1.807, 2.05) is 19.1 Å². The van der Waals surface area contributed by atoms with Crippen molar-refractivity contribution in [3.05, 3.63) is 23.8 Å². The minimum atomic E-state index is -3.23. The van der Waals surface area contributed by atoms with Crippen LogP contribution in [-0.4, -0.2) is 33.9 Å². The van der Waals surface area contributed by atoms with E-state index in [0.29, 0.717) is 5.69 Å². The van der Waals surface area contributed by atoms with E-state index in [1.54, 1.807) is 6.07 Å². The molecule has 1 aromatic rings. The Hall–Kier alpha value is -1.27. The molecule has 1 aromatic carbocycles. The highest BCUT2D eigenvalue weighted by Gasteiger charge is 2.15. The van der Waals surface area contributed by atoms with Gasteiger partial charge in [0.25, 0.3) is 0 Å². The minimum Gasteiger partial charge on any atom is -0.382 e. The molecule has 1 heterocycles. The Balaban J connectivity index is 1.97. The van der Waals surface area contributed by atoms with Crippen LogP contribution >= 0.6 is 0 Å². The van der Waals surface area contributed by atoms with Crippen molar-refractivity contribution in [3.8, 4) is 0 Å². The molecule has 2 rings (SSSR count). The quantitative estimate of drug-likeness (QED) is 0.867. The molecule has 5 nitrogen and oxygen atoms in total. The van der Waals surface area contributed by atoms with Gasteiger partial charge in [-0.1, -0.05) is 0 Å². The van der Waals surface area contributed by atoms with Gasteiger partial charge in [0.2, 0.25) is 10.0 Å². The Labute approximate surface area is 114 Å². The maximum Gasteiger partial charge on any atom is 0.229 e. The lowest BCUT2D eigenvalue weighted by Gasteiger charge is -2.14. The maximum atomic E-state index is 11.2. The van der Waals surface area contributed by atoms with Crippen molar-refractivity contribution in [1.29, 1.82) is 0 Å². The monoisotopic (exact) mass is 284 g/mol. The molecule has 1 unspecified atom stereocenters. The lowest BCUT2D eigenvalue weighted by molar-refractivity contribution is 0.120. The second kappa shape index (κ2) is 5.79. The number of nitrogens with one attached hydrogen (secondary N) is 2. The minimum absolute atomic E-state index is 0.286. The fourth-order valence-corrected chi connectivity index (χ4v) is 2.75. The molecule has 6 heteroatoms. The van der Waals surface area contributed by atoms with E-state index in [1.165, 1.54) is 0 Å². The first kappa shape index (κ1) is 14.1. The summed E-state index contributed by atoms with van der Waals surface area (Å²) < 4.78 is 30.4. The topological polar surface area (TPSA) is 67.4 Å². The normalized spacial score (nSPS) is 19.4. The second-order valence-electron chi connectivity index (χ2n) is 4.92. The van der Waals surface area contributed by atoms with Gasteiger partial charge in [0, 0.05) is 18.8 Å². The van der Waals surface area contributed by atoms with Crippen LogP contribution in [0, 0.1) is 6.92 Å². The molecule has 0 amide bonds. The molecule has 1 aliphatic heterocycles. The van der Waals surface area contributed by atoms with Gasteiger partial charge in [0.05, 0.1) is 18.0 Å². The third kappa shape index (κ3) is 4.40. The highest BCUT2D eigenvalue weighted by Crippen LogP contribution is 2.21. The molecule has 1 atom stereocenters. The van der Waals surface area contributed by atoms with Crippen molar-refractivity contribution < 1.29 is 13.2 Å².